The second kappa shape index (κ2) is 8.32. The summed E-state index contributed by atoms with van der Waals surface area (Å²) in [5.74, 6) is -0.579. The number of hydrogen-bond acceptors (Lipinski definition) is 3. The molecule has 0 aromatic heterocycles. The zero-order valence-electron chi connectivity index (χ0n) is 12.3. The maximum atomic E-state index is 11.8. The molecule has 0 bridgehead atoms. The minimum atomic E-state index is -0.304. The second-order valence-corrected chi connectivity index (χ2v) is 4.74. The largest absolute Gasteiger partial charge is 0.385 e. The van der Waals surface area contributed by atoms with Gasteiger partial charge in [-0.25, -0.2) is 0 Å². The van der Waals surface area contributed by atoms with Gasteiger partial charge in [-0.2, -0.15) is 0 Å². The normalized spacial score (nSPS) is 10.2. The topological polar surface area (TPSA) is 67.4 Å². The summed E-state index contributed by atoms with van der Waals surface area (Å²) >= 11 is 0. The van der Waals surface area contributed by atoms with Gasteiger partial charge in [-0.15, -0.1) is 0 Å². The predicted octanol–water partition coefficient (Wildman–Crippen LogP) is 1.78. The van der Waals surface area contributed by atoms with E-state index in [1.165, 1.54) is 0 Å². The standard InChI is InChI=1S/C15H22N2O3/c1-11-5-6-13(12(2)9-11)17-15(19)10-14(18)16-7-4-8-20-3/h5-6,9H,4,7-8,10H2,1-3H3,(H,16,18)(H,17,19). The molecule has 0 aliphatic heterocycles. The Morgan fingerprint density at radius 2 is 1.95 bits per heavy atom. The number of ether oxygens (including phenoxy) is 1. The Morgan fingerprint density at radius 3 is 2.60 bits per heavy atom. The van der Waals surface area contributed by atoms with Gasteiger partial charge in [-0.05, 0) is 31.9 Å². The van der Waals surface area contributed by atoms with Gasteiger partial charge in [-0.3, -0.25) is 9.59 Å². The molecule has 1 aromatic carbocycles. The van der Waals surface area contributed by atoms with Gasteiger partial charge < -0.3 is 15.4 Å². The summed E-state index contributed by atoms with van der Waals surface area (Å²) in [6.45, 7) is 5.03. The molecule has 0 aliphatic carbocycles. The third kappa shape index (κ3) is 5.84. The number of carbonyl (C=O) groups is 2. The molecule has 0 saturated heterocycles. The summed E-state index contributed by atoms with van der Waals surface area (Å²) < 4.78 is 4.88. The molecule has 0 fully saturated rings. The third-order valence-corrected chi connectivity index (χ3v) is 2.82. The van der Waals surface area contributed by atoms with Gasteiger partial charge >= 0.3 is 0 Å². The van der Waals surface area contributed by atoms with Crippen LogP contribution < -0.4 is 10.6 Å². The molecule has 0 aliphatic rings. The molecule has 110 valence electrons. The summed E-state index contributed by atoms with van der Waals surface area (Å²) in [5.41, 5.74) is 2.86. The molecule has 0 atom stereocenters. The molecule has 0 radical (unpaired) electrons. The van der Waals surface area contributed by atoms with Crippen molar-refractivity contribution in [2.45, 2.75) is 26.7 Å². The number of benzene rings is 1. The lowest BCUT2D eigenvalue weighted by atomic mass is 10.1. The Morgan fingerprint density at radius 1 is 1.20 bits per heavy atom. The molecule has 0 heterocycles. The molecule has 1 rings (SSSR count). The predicted molar refractivity (Wildman–Crippen MR) is 78.7 cm³/mol. The molecule has 0 saturated carbocycles. The summed E-state index contributed by atoms with van der Waals surface area (Å²) in [6, 6.07) is 5.76. The van der Waals surface area contributed by atoms with E-state index in [1.807, 2.05) is 32.0 Å². The van der Waals surface area contributed by atoms with Crippen molar-refractivity contribution in [2.75, 3.05) is 25.6 Å². The Bertz CT molecular complexity index is 472. The molecule has 0 unspecified atom stereocenters. The van der Waals surface area contributed by atoms with Crippen molar-refractivity contribution in [2.24, 2.45) is 0 Å². The van der Waals surface area contributed by atoms with Gasteiger partial charge in [-0.1, -0.05) is 17.7 Å². The number of carbonyl (C=O) groups excluding carboxylic acids is 2. The maximum absolute atomic E-state index is 11.8. The number of anilines is 1. The van der Waals surface area contributed by atoms with Crippen molar-refractivity contribution in [1.82, 2.24) is 5.32 Å². The Kier molecular flexibility index (Phi) is 6.73. The highest BCUT2D eigenvalue weighted by atomic mass is 16.5. The summed E-state index contributed by atoms with van der Waals surface area (Å²) in [6.07, 6.45) is 0.571. The molecule has 0 spiro atoms. The van der Waals surface area contributed by atoms with Gasteiger partial charge in [0.2, 0.25) is 11.8 Å². The number of amides is 2. The first-order valence-corrected chi connectivity index (χ1v) is 6.65. The molecule has 20 heavy (non-hydrogen) atoms. The fraction of sp³-hybridized carbons (Fsp3) is 0.467. The number of rotatable bonds is 7. The van der Waals surface area contributed by atoms with E-state index < -0.39 is 0 Å². The zero-order valence-corrected chi connectivity index (χ0v) is 12.3. The van der Waals surface area contributed by atoms with Crippen molar-refractivity contribution in [3.8, 4) is 0 Å². The number of hydrogen-bond donors (Lipinski definition) is 2. The Balaban J connectivity index is 2.37. The van der Waals surface area contributed by atoms with Crippen LogP contribution >= 0.6 is 0 Å². The van der Waals surface area contributed by atoms with Crippen LogP contribution in [0.1, 0.15) is 24.0 Å². The van der Waals surface area contributed by atoms with E-state index in [0.717, 1.165) is 23.2 Å². The van der Waals surface area contributed by atoms with Crippen molar-refractivity contribution in [1.29, 1.82) is 0 Å². The number of nitrogens with one attached hydrogen (secondary N) is 2. The third-order valence-electron chi connectivity index (χ3n) is 2.82. The van der Waals surface area contributed by atoms with Gasteiger partial charge in [0.25, 0.3) is 0 Å². The fourth-order valence-corrected chi connectivity index (χ4v) is 1.80. The van der Waals surface area contributed by atoms with E-state index in [-0.39, 0.29) is 18.2 Å². The highest BCUT2D eigenvalue weighted by molar-refractivity contribution is 6.03. The molecule has 2 amide bonds. The van der Waals surface area contributed by atoms with Crippen LogP contribution in [0.25, 0.3) is 0 Å². The molecule has 2 N–H and O–H groups in total. The van der Waals surface area contributed by atoms with E-state index in [1.54, 1.807) is 7.11 Å². The highest BCUT2D eigenvalue weighted by Crippen LogP contribution is 2.16. The maximum Gasteiger partial charge on any atom is 0.233 e. The molecule has 5 nitrogen and oxygen atoms in total. The summed E-state index contributed by atoms with van der Waals surface area (Å²) in [7, 11) is 1.61. The smallest absolute Gasteiger partial charge is 0.233 e. The van der Waals surface area contributed by atoms with Crippen LogP contribution in [0.2, 0.25) is 0 Å². The first-order valence-electron chi connectivity index (χ1n) is 6.65. The minimum absolute atomic E-state index is 0.166. The molecule has 1 aromatic rings. The summed E-state index contributed by atoms with van der Waals surface area (Å²) in [5, 5.41) is 5.42. The lowest BCUT2D eigenvalue weighted by Crippen LogP contribution is -2.29. The van der Waals surface area contributed by atoms with Gasteiger partial charge in [0.1, 0.15) is 6.42 Å². The van der Waals surface area contributed by atoms with Crippen LogP contribution in [0, 0.1) is 13.8 Å². The molecular weight excluding hydrogens is 256 g/mol. The van der Waals surface area contributed by atoms with Gasteiger partial charge in [0, 0.05) is 25.9 Å². The number of aryl methyl sites for hydroxylation is 2. The van der Waals surface area contributed by atoms with Crippen LogP contribution in [-0.2, 0) is 14.3 Å². The lowest BCUT2D eigenvalue weighted by molar-refractivity contribution is -0.126. The SMILES string of the molecule is COCCCNC(=O)CC(=O)Nc1ccc(C)cc1C. The average molecular weight is 278 g/mol. The first-order chi connectivity index (χ1) is 9.52. The van der Waals surface area contributed by atoms with Crippen molar-refractivity contribution in [3.63, 3.8) is 0 Å². The summed E-state index contributed by atoms with van der Waals surface area (Å²) in [4.78, 5) is 23.3. The average Bonchev–Trinajstić information content (AvgIpc) is 2.38. The van der Waals surface area contributed by atoms with Crippen LogP contribution in [0.3, 0.4) is 0 Å². The van der Waals surface area contributed by atoms with Gasteiger partial charge in [0.05, 0.1) is 0 Å². The van der Waals surface area contributed by atoms with E-state index in [9.17, 15) is 9.59 Å². The Labute approximate surface area is 119 Å². The quantitative estimate of drug-likeness (QED) is 0.590. The van der Waals surface area contributed by atoms with Crippen LogP contribution in [0.15, 0.2) is 18.2 Å². The monoisotopic (exact) mass is 278 g/mol. The lowest BCUT2D eigenvalue weighted by Gasteiger charge is -2.09. The van der Waals surface area contributed by atoms with Crippen LogP contribution in [0.4, 0.5) is 5.69 Å². The second-order valence-electron chi connectivity index (χ2n) is 4.74. The van der Waals surface area contributed by atoms with Crippen LogP contribution in [0.5, 0.6) is 0 Å². The molecule has 5 heteroatoms. The van der Waals surface area contributed by atoms with E-state index in [2.05, 4.69) is 10.6 Å². The fourth-order valence-electron chi connectivity index (χ4n) is 1.80. The van der Waals surface area contributed by atoms with Gasteiger partial charge in [0.15, 0.2) is 0 Å². The zero-order chi connectivity index (χ0) is 15.0. The number of methoxy groups -OCH3 is 1. The highest BCUT2D eigenvalue weighted by Gasteiger charge is 2.10. The van der Waals surface area contributed by atoms with E-state index in [4.69, 9.17) is 4.74 Å². The minimum Gasteiger partial charge on any atom is -0.385 e. The van der Waals surface area contributed by atoms with E-state index in [0.29, 0.717) is 13.2 Å². The molecular formula is C15H22N2O3. The van der Waals surface area contributed by atoms with E-state index >= 15 is 0 Å². The Hall–Kier alpha value is -1.88. The van der Waals surface area contributed by atoms with Crippen LogP contribution in [-0.4, -0.2) is 32.1 Å². The van der Waals surface area contributed by atoms with Crippen molar-refractivity contribution < 1.29 is 14.3 Å². The van der Waals surface area contributed by atoms with Crippen molar-refractivity contribution in [3.05, 3.63) is 29.3 Å². The first kappa shape index (κ1) is 16.2. The van der Waals surface area contributed by atoms with Crippen molar-refractivity contribution >= 4 is 17.5 Å².